The normalized spacial score (nSPS) is 25.0. The third kappa shape index (κ3) is 5.90. The average Bonchev–Trinajstić information content (AvgIpc) is 3.64. The highest BCUT2D eigenvalue weighted by Gasteiger charge is 2.48. The van der Waals surface area contributed by atoms with E-state index in [0.717, 1.165) is 50.8 Å². The molecule has 4 unspecified atom stereocenters. The Hall–Kier alpha value is -4.69. The monoisotopic (exact) mass is 729 g/mol. The van der Waals surface area contributed by atoms with Gasteiger partial charge in [-0.2, -0.15) is 9.97 Å². The summed E-state index contributed by atoms with van der Waals surface area (Å²) >= 11 is 0. The average molecular weight is 730 g/mol. The van der Waals surface area contributed by atoms with Crippen molar-refractivity contribution in [2.75, 3.05) is 44.7 Å². The molecule has 4 fully saturated rings. The van der Waals surface area contributed by atoms with Gasteiger partial charge in [-0.05, 0) is 85.6 Å². The lowest BCUT2D eigenvalue weighted by molar-refractivity contribution is 0.154. The van der Waals surface area contributed by atoms with Gasteiger partial charge in [0.05, 0.1) is 19.0 Å². The molecule has 0 radical (unpaired) electrons. The molecule has 14 heteroatoms. The topological polar surface area (TPSA) is 114 Å². The second kappa shape index (κ2) is 13.0. The molecule has 278 valence electrons. The molecule has 11 nitrogen and oxygen atoms in total. The smallest absolute Gasteiger partial charge is 0.412 e. The number of piperazine rings is 1. The number of benzene rings is 2. The van der Waals surface area contributed by atoms with Crippen molar-refractivity contribution in [2.24, 2.45) is 5.41 Å². The lowest BCUT2D eigenvalue weighted by atomic mass is 9.94. The van der Waals surface area contributed by atoms with Crippen molar-refractivity contribution in [1.29, 1.82) is 0 Å². The largest absolute Gasteiger partial charge is 0.472 e. The standard InChI is InChI=1S/C39H42F3N7O4/c1-4-25-27(41)7-5-22-13-24(53-38(50)43-3)14-26(29(22)25)32-31(42)33-30-35(49-17-23-6-8-28(44-23)34(49)20(2)52-36(30)45-32)47-37(46-33)51-19-39(10-11-39)18-48-12-9-21(15-40)16-48/h5,7,13-15,20,23,28,34,44H,4,6,8-12,16-19H2,1-3H3,(H,43,50). The van der Waals surface area contributed by atoms with Gasteiger partial charge in [0.2, 0.25) is 5.88 Å². The van der Waals surface area contributed by atoms with Gasteiger partial charge in [0, 0.05) is 56.3 Å². The van der Waals surface area contributed by atoms with Crippen LogP contribution in [0.2, 0.25) is 0 Å². The molecule has 4 aromatic rings. The first-order valence-electron chi connectivity index (χ1n) is 18.6. The fourth-order valence-electron chi connectivity index (χ4n) is 8.96. The van der Waals surface area contributed by atoms with Crippen LogP contribution < -0.4 is 29.7 Å². The van der Waals surface area contributed by atoms with E-state index in [2.05, 4.69) is 20.4 Å². The summed E-state index contributed by atoms with van der Waals surface area (Å²) in [5.74, 6) is -0.381. The number of amides is 1. The number of nitrogens with one attached hydrogen (secondary N) is 2. The van der Waals surface area contributed by atoms with Gasteiger partial charge in [-0.1, -0.05) is 13.0 Å². The second-order valence-corrected chi connectivity index (χ2v) is 15.3. The summed E-state index contributed by atoms with van der Waals surface area (Å²) < 4.78 is 64.6. The molecule has 1 aliphatic carbocycles. The third-order valence-corrected chi connectivity index (χ3v) is 11.7. The van der Waals surface area contributed by atoms with E-state index in [1.807, 2.05) is 13.8 Å². The Morgan fingerprint density at radius 2 is 2.02 bits per heavy atom. The lowest BCUT2D eigenvalue weighted by Gasteiger charge is -2.42. The van der Waals surface area contributed by atoms with Crippen molar-refractivity contribution >= 4 is 33.6 Å². The number of pyridine rings is 1. The Morgan fingerprint density at radius 1 is 1.17 bits per heavy atom. The number of hydrogen-bond acceptors (Lipinski definition) is 10. The van der Waals surface area contributed by atoms with Crippen LogP contribution in [0.1, 0.15) is 51.5 Å². The van der Waals surface area contributed by atoms with Crippen LogP contribution in [-0.2, 0) is 6.42 Å². The molecule has 2 N–H and O–H groups in total. The highest BCUT2D eigenvalue weighted by molar-refractivity contribution is 6.03. The quantitative estimate of drug-likeness (QED) is 0.217. The van der Waals surface area contributed by atoms with Crippen LogP contribution in [0, 0.1) is 17.0 Å². The third-order valence-electron chi connectivity index (χ3n) is 11.7. The SMILES string of the molecule is CCc1c(F)ccc2cc(OC(=O)NC)cc(-c3nc4c5c(nc(OCC6(CN7CCC(=CF)C7)CC6)nc5c3F)N3CC5CCC(N5)C3C(C)O4)c12. The molecule has 1 saturated carbocycles. The number of carbonyl (C=O) groups is 1. The van der Waals surface area contributed by atoms with Gasteiger partial charge in [-0.15, -0.1) is 0 Å². The summed E-state index contributed by atoms with van der Waals surface area (Å²) in [5.41, 5.74) is 1.15. The van der Waals surface area contributed by atoms with Crippen molar-refractivity contribution in [3.8, 4) is 28.9 Å². The maximum absolute atomic E-state index is 17.5. The minimum atomic E-state index is -0.751. The van der Waals surface area contributed by atoms with Gasteiger partial charge >= 0.3 is 12.1 Å². The number of nitrogens with zero attached hydrogens (tertiary/aromatic N) is 5. The summed E-state index contributed by atoms with van der Waals surface area (Å²) in [6.07, 6.45) is 4.58. The number of anilines is 1. The van der Waals surface area contributed by atoms with Crippen LogP contribution in [0.3, 0.4) is 0 Å². The van der Waals surface area contributed by atoms with Crippen molar-refractivity contribution in [3.63, 3.8) is 0 Å². The van der Waals surface area contributed by atoms with Crippen molar-refractivity contribution in [3.05, 3.63) is 53.4 Å². The Bertz CT molecular complexity index is 2180. The van der Waals surface area contributed by atoms with E-state index in [-0.39, 0.29) is 64.1 Å². The van der Waals surface area contributed by atoms with Crippen molar-refractivity contribution in [2.45, 2.75) is 76.6 Å². The number of carbonyl (C=O) groups excluding carboxylic acids is 1. The van der Waals surface area contributed by atoms with Crippen LogP contribution in [0.4, 0.5) is 23.8 Å². The zero-order valence-corrected chi connectivity index (χ0v) is 30.0. The first-order chi connectivity index (χ1) is 25.7. The Kier molecular flexibility index (Phi) is 8.37. The molecule has 0 spiro atoms. The van der Waals surface area contributed by atoms with Crippen LogP contribution >= 0.6 is 0 Å². The van der Waals surface area contributed by atoms with Crippen molar-refractivity contribution in [1.82, 2.24) is 30.5 Å². The molecule has 9 rings (SSSR count). The molecule has 4 atom stereocenters. The molecule has 2 aromatic carbocycles. The lowest BCUT2D eigenvalue weighted by Crippen LogP contribution is -2.62. The fraction of sp³-hybridized carbons (Fsp3) is 0.487. The fourth-order valence-corrected chi connectivity index (χ4v) is 8.96. The van der Waals surface area contributed by atoms with E-state index >= 15 is 8.78 Å². The molecule has 4 aliphatic heterocycles. The number of fused-ring (bicyclic) bond motifs is 6. The Balaban J connectivity index is 1.20. The second-order valence-electron chi connectivity index (χ2n) is 15.3. The van der Waals surface area contributed by atoms with E-state index in [4.69, 9.17) is 29.2 Å². The van der Waals surface area contributed by atoms with Crippen LogP contribution in [-0.4, -0.2) is 90.0 Å². The van der Waals surface area contributed by atoms with Gasteiger partial charge in [0.1, 0.15) is 40.1 Å². The van der Waals surface area contributed by atoms with Gasteiger partial charge in [0.25, 0.3) is 0 Å². The Labute approximate surface area is 304 Å². The predicted molar refractivity (Wildman–Crippen MR) is 193 cm³/mol. The first kappa shape index (κ1) is 34.1. The Morgan fingerprint density at radius 3 is 2.77 bits per heavy atom. The first-order valence-corrected chi connectivity index (χ1v) is 18.6. The molecular formula is C39H42F3N7O4. The van der Waals surface area contributed by atoms with E-state index < -0.39 is 17.7 Å². The zero-order chi connectivity index (χ0) is 36.6. The van der Waals surface area contributed by atoms with Crippen LogP contribution in [0.5, 0.6) is 17.6 Å². The highest BCUT2D eigenvalue weighted by Crippen LogP contribution is 2.49. The van der Waals surface area contributed by atoms with Crippen LogP contribution in [0.15, 0.2) is 36.2 Å². The summed E-state index contributed by atoms with van der Waals surface area (Å²) in [6.45, 7) is 6.98. The molecule has 2 aromatic heterocycles. The summed E-state index contributed by atoms with van der Waals surface area (Å²) in [4.78, 5) is 31.3. The van der Waals surface area contributed by atoms with Gasteiger partial charge in [-0.3, -0.25) is 4.90 Å². The molecular weight excluding hydrogens is 687 g/mol. The van der Waals surface area contributed by atoms with Gasteiger partial charge in [0.15, 0.2) is 5.82 Å². The summed E-state index contributed by atoms with van der Waals surface area (Å²) in [5, 5.41) is 7.51. The molecule has 5 aliphatic rings. The van der Waals surface area contributed by atoms with E-state index in [9.17, 15) is 9.18 Å². The molecule has 3 saturated heterocycles. The van der Waals surface area contributed by atoms with Gasteiger partial charge < -0.3 is 29.7 Å². The number of halogens is 3. The maximum Gasteiger partial charge on any atom is 0.412 e. The van der Waals surface area contributed by atoms with E-state index in [1.165, 1.54) is 19.2 Å². The minimum Gasteiger partial charge on any atom is -0.472 e. The van der Waals surface area contributed by atoms with E-state index in [0.29, 0.717) is 60.0 Å². The molecule has 53 heavy (non-hydrogen) atoms. The van der Waals surface area contributed by atoms with Gasteiger partial charge in [-0.25, -0.2) is 22.9 Å². The minimum absolute atomic E-state index is 0.0222. The highest BCUT2D eigenvalue weighted by atomic mass is 19.1. The zero-order valence-electron chi connectivity index (χ0n) is 30.0. The summed E-state index contributed by atoms with van der Waals surface area (Å²) in [7, 11) is 1.44. The number of aryl methyl sites for hydroxylation is 1. The van der Waals surface area contributed by atoms with Crippen molar-refractivity contribution < 1.29 is 32.2 Å². The number of hydrogen-bond donors (Lipinski definition) is 2. The van der Waals surface area contributed by atoms with E-state index in [1.54, 1.807) is 12.1 Å². The molecule has 2 bridgehead atoms. The molecule has 6 heterocycles. The summed E-state index contributed by atoms with van der Waals surface area (Å²) in [6, 6.07) is 6.36. The number of ether oxygens (including phenoxy) is 3. The predicted octanol–water partition coefficient (Wildman–Crippen LogP) is 6.21. The molecule has 1 amide bonds. The number of likely N-dealkylation sites (tertiary alicyclic amines) is 1. The van der Waals surface area contributed by atoms with Crippen LogP contribution in [0.25, 0.3) is 32.9 Å². The maximum atomic E-state index is 17.5. The number of rotatable bonds is 8. The number of aromatic nitrogens is 3.